The second-order valence-electron chi connectivity index (χ2n) is 7.35. The lowest BCUT2D eigenvalue weighted by Crippen LogP contribution is -2.32. The van der Waals surface area contributed by atoms with E-state index in [9.17, 15) is 0 Å². The number of piperidine rings is 1. The monoisotopic (exact) mass is 405 g/mol. The minimum absolute atomic E-state index is 0.279. The molecule has 1 aliphatic heterocycles. The summed E-state index contributed by atoms with van der Waals surface area (Å²) in [6.07, 6.45) is 3.68. The van der Waals surface area contributed by atoms with Crippen LogP contribution in [-0.4, -0.2) is 38.1 Å². The summed E-state index contributed by atoms with van der Waals surface area (Å²) in [5, 5.41) is 5.81. The van der Waals surface area contributed by atoms with Gasteiger partial charge in [0, 0.05) is 29.6 Å². The van der Waals surface area contributed by atoms with Crippen LogP contribution < -0.4 is 0 Å². The van der Waals surface area contributed by atoms with Crippen LogP contribution in [0.4, 0.5) is 0 Å². The topological polar surface area (TPSA) is 67.9 Å². The van der Waals surface area contributed by atoms with E-state index in [4.69, 9.17) is 16.1 Å². The highest BCUT2D eigenvalue weighted by Crippen LogP contribution is 2.30. The summed E-state index contributed by atoms with van der Waals surface area (Å²) in [7, 11) is 0. The molecule has 0 bridgehead atoms. The van der Waals surface area contributed by atoms with Crippen LogP contribution in [0.15, 0.2) is 59.3 Å². The first-order chi connectivity index (χ1) is 14.3. The molecule has 4 heterocycles. The average molecular weight is 406 g/mol. The minimum Gasteiger partial charge on any atom is -0.339 e. The first-order valence-electron chi connectivity index (χ1n) is 9.78. The van der Waals surface area contributed by atoms with Gasteiger partial charge in [0.2, 0.25) is 11.7 Å². The molecular weight excluding hydrogens is 386 g/mol. The van der Waals surface area contributed by atoms with Gasteiger partial charge in [0.05, 0.1) is 5.52 Å². The standard InChI is InChI=1S/C22H20ClN5O/c23-20-17(13-16-5-1-2-6-18(16)25-20)14-28-11-8-15(9-12-28)22-26-21(27-29-22)19-7-3-4-10-24-19/h1-7,10,13,15H,8-9,11-12,14H2. The number of pyridine rings is 2. The maximum absolute atomic E-state index is 6.43. The maximum Gasteiger partial charge on any atom is 0.230 e. The second-order valence-corrected chi connectivity index (χ2v) is 7.71. The number of rotatable bonds is 4. The van der Waals surface area contributed by atoms with Crippen molar-refractivity contribution in [1.82, 2.24) is 25.0 Å². The Bertz CT molecular complexity index is 1120. The van der Waals surface area contributed by atoms with E-state index >= 15 is 0 Å². The van der Waals surface area contributed by atoms with E-state index in [1.54, 1.807) is 6.20 Å². The van der Waals surface area contributed by atoms with Crippen molar-refractivity contribution < 1.29 is 4.52 Å². The molecule has 0 unspecified atom stereocenters. The van der Waals surface area contributed by atoms with Crippen LogP contribution in [0.25, 0.3) is 22.4 Å². The van der Waals surface area contributed by atoms with E-state index in [2.05, 4.69) is 37.1 Å². The van der Waals surface area contributed by atoms with Gasteiger partial charge < -0.3 is 4.52 Å². The van der Waals surface area contributed by atoms with Gasteiger partial charge in [-0.3, -0.25) is 9.88 Å². The number of hydrogen-bond acceptors (Lipinski definition) is 6. The van der Waals surface area contributed by atoms with Crippen LogP contribution in [0.1, 0.15) is 30.2 Å². The summed E-state index contributed by atoms with van der Waals surface area (Å²) in [6, 6.07) is 15.9. The van der Waals surface area contributed by atoms with Gasteiger partial charge in [-0.15, -0.1) is 0 Å². The van der Waals surface area contributed by atoms with Crippen molar-refractivity contribution in [2.75, 3.05) is 13.1 Å². The SMILES string of the molecule is Clc1nc2ccccc2cc1CN1CCC(c2nc(-c3ccccn3)no2)CC1. The third kappa shape index (κ3) is 3.86. The lowest BCUT2D eigenvalue weighted by Gasteiger charge is -2.30. The number of benzene rings is 1. The summed E-state index contributed by atoms with van der Waals surface area (Å²) in [5.41, 5.74) is 2.73. The fraction of sp³-hybridized carbons (Fsp3) is 0.273. The molecular formula is C22H20ClN5O. The summed E-state index contributed by atoms with van der Waals surface area (Å²) in [6.45, 7) is 2.71. The first kappa shape index (κ1) is 18.2. The fourth-order valence-electron chi connectivity index (χ4n) is 3.83. The van der Waals surface area contributed by atoms with Crippen molar-refractivity contribution >= 4 is 22.5 Å². The Morgan fingerprint density at radius 3 is 2.69 bits per heavy atom. The van der Waals surface area contributed by atoms with Crippen molar-refractivity contribution in [3.63, 3.8) is 0 Å². The van der Waals surface area contributed by atoms with E-state index in [1.807, 2.05) is 36.4 Å². The zero-order valence-corrected chi connectivity index (χ0v) is 16.6. The molecule has 0 aliphatic carbocycles. The van der Waals surface area contributed by atoms with Crippen LogP contribution in [0, 0.1) is 0 Å². The van der Waals surface area contributed by atoms with Crippen molar-refractivity contribution in [2.45, 2.75) is 25.3 Å². The smallest absolute Gasteiger partial charge is 0.230 e. The van der Waals surface area contributed by atoms with Crippen LogP contribution in [0.3, 0.4) is 0 Å². The molecule has 7 heteroatoms. The van der Waals surface area contributed by atoms with Gasteiger partial charge in [-0.05, 0) is 50.2 Å². The number of hydrogen-bond donors (Lipinski definition) is 0. The van der Waals surface area contributed by atoms with Gasteiger partial charge in [-0.2, -0.15) is 4.98 Å². The number of likely N-dealkylation sites (tertiary alicyclic amines) is 1. The maximum atomic E-state index is 6.43. The molecule has 3 aromatic heterocycles. The fourth-order valence-corrected chi connectivity index (χ4v) is 4.03. The van der Waals surface area contributed by atoms with Gasteiger partial charge in [0.1, 0.15) is 10.8 Å². The molecule has 1 fully saturated rings. The molecule has 146 valence electrons. The van der Waals surface area contributed by atoms with Crippen molar-refractivity contribution in [3.05, 3.63) is 71.3 Å². The summed E-state index contributed by atoms with van der Waals surface area (Å²) in [4.78, 5) is 15.8. The molecule has 0 atom stereocenters. The average Bonchev–Trinajstić information content (AvgIpc) is 3.26. The number of fused-ring (bicyclic) bond motifs is 1. The largest absolute Gasteiger partial charge is 0.339 e. The van der Waals surface area contributed by atoms with Crippen LogP contribution in [0.5, 0.6) is 0 Å². The summed E-state index contributed by atoms with van der Waals surface area (Å²) >= 11 is 6.43. The highest BCUT2D eigenvalue weighted by molar-refractivity contribution is 6.30. The summed E-state index contributed by atoms with van der Waals surface area (Å²) in [5.74, 6) is 1.54. The Morgan fingerprint density at radius 2 is 1.86 bits per heavy atom. The molecule has 1 aromatic carbocycles. The summed E-state index contributed by atoms with van der Waals surface area (Å²) < 4.78 is 5.53. The van der Waals surface area contributed by atoms with E-state index in [-0.39, 0.29) is 5.92 Å². The minimum atomic E-state index is 0.279. The molecule has 1 aliphatic rings. The molecule has 0 spiro atoms. The Balaban J connectivity index is 1.24. The Labute approximate surface area is 173 Å². The lowest BCUT2D eigenvalue weighted by molar-refractivity contribution is 0.187. The van der Waals surface area contributed by atoms with Gasteiger partial charge in [0.25, 0.3) is 0 Å². The van der Waals surface area contributed by atoms with Crippen molar-refractivity contribution in [3.8, 4) is 11.5 Å². The zero-order chi connectivity index (χ0) is 19.6. The molecule has 4 aromatic rings. The number of para-hydroxylation sites is 1. The van der Waals surface area contributed by atoms with E-state index < -0.39 is 0 Å². The van der Waals surface area contributed by atoms with E-state index in [0.717, 1.165) is 54.6 Å². The van der Waals surface area contributed by atoms with Crippen molar-refractivity contribution in [2.24, 2.45) is 0 Å². The predicted octanol–water partition coefficient (Wildman–Crippen LogP) is 4.71. The van der Waals surface area contributed by atoms with Gasteiger partial charge >= 0.3 is 0 Å². The first-order valence-corrected chi connectivity index (χ1v) is 10.2. The third-order valence-corrected chi connectivity index (χ3v) is 5.74. The molecule has 0 amide bonds. The van der Waals surface area contributed by atoms with Crippen molar-refractivity contribution in [1.29, 1.82) is 0 Å². The zero-order valence-electron chi connectivity index (χ0n) is 15.8. The molecule has 0 radical (unpaired) electrons. The Morgan fingerprint density at radius 1 is 1.03 bits per heavy atom. The highest BCUT2D eigenvalue weighted by atomic mass is 35.5. The number of halogens is 1. The Hall–Kier alpha value is -2.83. The third-order valence-electron chi connectivity index (χ3n) is 5.42. The Kier molecular flexibility index (Phi) is 4.96. The highest BCUT2D eigenvalue weighted by Gasteiger charge is 2.26. The predicted molar refractivity (Wildman–Crippen MR) is 112 cm³/mol. The molecule has 0 saturated carbocycles. The number of nitrogens with zero attached hydrogens (tertiary/aromatic N) is 5. The van der Waals surface area contributed by atoms with Crippen LogP contribution >= 0.6 is 11.6 Å². The van der Waals surface area contributed by atoms with Crippen LogP contribution in [-0.2, 0) is 6.54 Å². The molecule has 29 heavy (non-hydrogen) atoms. The van der Waals surface area contributed by atoms with Gasteiger partial charge in [0.15, 0.2) is 0 Å². The van der Waals surface area contributed by atoms with E-state index in [0.29, 0.717) is 16.9 Å². The molecule has 1 saturated heterocycles. The van der Waals surface area contributed by atoms with E-state index in [1.165, 1.54) is 0 Å². The lowest BCUT2D eigenvalue weighted by atomic mass is 9.96. The van der Waals surface area contributed by atoms with Gasteiger partial charge in [-0.1, -0.05) is 41.0 Å². The van der Waals surface area contributed by atoms with Gasteiger partial charge in [-0.25, -0.2) is 4.98 Å². The molecule has 0 N–H and O–H groups in total. The number of aromatic nitrogens is 4. The normalized spacial score (nSPS) is 15.8. The quantitative estimate of drug-likeness (QED) is 0.458. The molecule has 5 rings (SSSR count). The molecule has 6 nitrogen and oxygen atoms in total. The van der Waals surface area contributed by atoms with Crippen LogP contribution in [0.2, 0.25) is 5.15 Å². The second kappa shape index (κ2) is 7.89.